The molecule has 0 saturated heterocycles. The van der Waals surface area contributed by atoms with E-state index >= 15 is 0 Å². The molecule has 9 atom stereocenters. The van der Waals surface area contributed by atoms with Crippen molar-refractivity contribution in [2.24, 2.45) is 56.7 Å². The summed E-state index contributed by atoms with van der Waals surface area (Å²) in [7, 11) is 0. The molecule has 3 heteroatoms. The molecule has 34 heavy (non-hydrogen) atoms. The number of rotatable bonds is 2. The number of carbonyl (C=O) groups excluding carboxylic acids is 1. The Labute approximate surface area is 207 Å². The predicted molar refractivity (Wildman–Crippen MR) is 136 cm³/mol. The number of ketones is 1. The van der Waals surface area contributed by atoms with E-state index in [1.165, 1.54) is 6.42 Å². The number of carboxylic acid groups (broad SMARTS) is 1. The highest BCUT2D eigenvalue weighted by molar-refractivity contribution is 5.85. The van der Waals surface area contributed by atoms with Crippen LogP contribution in [0.1, 0.15) is 113 Å². The number of Topliss-reactive ketones (excluding diaryl/α,β-unsaturated/α-hetero) is 1. The minimum absolute atomic E-state index is 0.0628. The van der Waals surface area contributed by atoms with Crippen LogP contribution in [-0.2, 0) is 9.59 Å². The number of carbonyl (C=O) groups is 2. The van der Waals surface area contributed by atoms with Crippen LogP contribution in [0.3, 0.4) is 0 Å². The average Bonchev–Trinajstić information content (AvgIpc) is 2.74. The number of aliphatic carboxylic acids is 1. The highest BCUT2D eigenvalue weighted by Gasteiger charge is 2.68. The first-order chi connectivity index (χ1) is 15.7. The van der Waals surface area contributed by atoms with Crippen LogP contribution in [0, 0.1) is 56.7 Å². The molecule has 4 saturated carbocycles. The monoisotopic (exact) mass is 468 g/mol. The van der Waals surface area contributed by atoms with Gasteiger partial charge in [-0.25, -0.2) is 0 Å². The predicted octanol–water partition coefficient (Wildman–Crippen LogP) is 7.69. The van der Waals surface area contributed by atoms with Crippen molar-refractivity contribution in [2.75, 3.05) is 0 Å². The summed E-state index contributed by atoms with van der Waals surface area (Å²) in [6.07, 6.45) is 12.6. The van der Waals surface area contributed by atoms with Crippen LogP contribution < -0.4 is 0 Å². The fourth-order valence-corrected chi connectivity index (χ4v) is 11.0. The van der Waals surface area contributed by atoms with Gasteiger partial charge in [-0.3, -0.25) is 9.59 Å². The van der Waals surface area contributed by atoms with E-state index in [0.717, 1.165) is 51.4 Å². The second-order valence-corrected chi connectivity index (χ2v) is 14.7. The summed E-state index contributed by atoms with van der Waals surface area (Å²) in [5, 5.41) is 9.94. The second-order valence-electron chi connectivity index (χ2n) is 14.7. The molecular formula is C31H48O3. The van der Waals surface area contributed by atoms with E-state index in [9.17, 15) is 14.7 Å². The van der Waals surface area contributed by atoms with Gasteiger partial charge in [0.05, 0.1) is 6.42 Å². The van der Waals surface area contributed by atoms with E-state index in [4.69, 9.17) is 0 Å². The topological polar surface area (TPSA) is 54.4 Å². The first-order valence-electron chi connectivity index (χ1n) is 14.2. The number of fused-ring (bicyclic) bond motifs is 7. The lowest BCUT2D eigenvalue weighted by Gasteiger charge is -2.71. The zero-order valence-corrected chi connectivity index (χ0v) is 22.8. The van der Waals surface area contributed by atoms with Crippen molar-refractivity contribution < 1.29 is 14.7 Å². The molecule has 1 N–H and O–H groups in total. The van der Waals surface area contributed by atoms with E-state index < -0.39 is 5.97 Å². The van der Waals surface area contributed by atoms with E-state index in [-0.39, 0.29) is 27.1 Å². The van der Waals surface area contributed by atoms with Crippen molar-refractivity contribution in [1.29, 1.82) is 0 Å². The molecule has 3 nitrogen and oxygen atoms in total. The fraction of sp³-hybridized carbons (Fsp3) is 0.871. The standard InChI is InChI=1S/C31H48O3/c1-19-10-15-31(18-25(33)34)17-16-29(6)21(26(31)20(19)2)8-9-23-28(5)13-12-24(32)27(3,4)22(28)11-14-30(23,29)7/h8,19-20,22-23,26H,9-18H2,1-7H3,(H,33,34)/t19-,20+,22+,23-,26+,28+,29-,30-,31-/m1/s1. The summed E-state index contributed by atoms with van der Waals surface area (Å²) < 4.78 is 0. The van der Waals surface area contributed by atoms with E-state index in [0.29, 0.717) is 41.8 Å². The second kappa shape index (κ2) is 7.45. The van der Waals surface area contributed by atoms with Crippen LogP contribution in [0.4, 0.5) is 0 Å². The van der Waals surface area contributed by atoms with Crippen molar-refractivity contribution in [3.05, 3.63) is 11.6 Å². The van der Waals surface area contributed by atoms with Gasteiger partial charge in [0.2, 0.25) is 0 Å². The third-order valence-electron chi connectivity index (χ3n) is 13.4. The van der Waals surface area contributed by atoms with Crippen LogP contribution in [-0.4, -0.2) is 16.9 Å². The highest BCUT2D eigenvalue weighted by atomic mass is 16.4. The molecule has 0 heterocycles. The van der Waals surface area contributed by atoms with Crippen molar-refractivity contribution in [3.8, 4) is 0 Å². The lowest BCUT2D eigenvalue weighted by Crippen LogP contribution is -2.64. The Kier molecular flexibility index (Phi) is 5.38. The summed E-state index contributed by atoms with van der Waals surface area (Å²) in [5.74, 6) is 2.52. The van der Waals surface area contributed by atoms with Gasteiger partial charge >= 0.3 is 5.97 Å². The van der Waals surface area contributed by atoms with Crippen LogP contribution in [0.5, 0.6) is 0 Å². The molecule has 4 fully saturated rings. The molecule has 0 radical (unpaired) electrons. The largest absolute Gasteiger partial charge is 0.481 e. The van der Waals surface area contributed by atoms with Gasteiger partial charge in [-0.05, 0) is 103 Å². The Morgan fingerprint density at radius 3 is 2.35 bits per heavy atom. The van der Waals surface area contributed by atoms with Gasteiger partial charge in [-0.15, -0.1) is 0 Å². The van der Waals surface area contributed by atoms with Gasteiger partial charge in [0.1, 0.15) is 5.78 Å². The summed E-state index contributed by atoms with van der Waals surface area (Å²) in [5.41, 5.74) is 1.91. The van der Waals surface area contributed by atoms with Crippen LogP contribution in [0.25, 0.3) is 0 Å². The normalized spacial score (nSPS) is 51.9. The smallest absolute Gasteiger partial charge is 0.303 e. The Morgan fingerprint density at radius 1 is 0.971 bits per heavy atom. The van der Waals surface area contributed by atoms with Gasteiger partial charge in [-0.1, -0.05) is 60.1 Å². The van der Waals surface area contributed by atoms with Crippen LogP contribution in [0.2, 0.25) is 0 Å². The van der Waals surface area contributed by atoms with Crippen molar-refractivity contribution in [3.63, 3.8) is 0 Å². The van der Waals surface area contributed by atoms with Gasteiger partial charge in [0.15, 0.2) is 0 Å². The third kappa shape index (κ3) is 2.94. The Balaban J connectivity index is 1.60. The fourth-order valence-electron chi connectivity index (χ4n) is 11.0. The van der Waals surface area contributed by atoms with Crippen molar-refractivity contribution >= 4 is 11.8 Å². The third-order valence-corrected chi connectivity index (χ3v) is 13.4. The first kappa shape index (κ1) is 24.6. The van der Waals surface area contributed by atoms with Gasteiger partial charge < -0.3 is 5.11 Å². The Morgan fingerprint density at radius 2 is 1.68 bits per heavy atom. The van der Waals surface area contributed by atoms with E-state index in [1.54, 1.807) is 5.57 Å². The lowest BCUT2D eigenvalue weighted by atomic mass is 9.33. The quantitative estimate of drug-likeness (QED) is 0.423. The maximum atomic E-state index is 12.9. The number of allylic oxidation sites excluding steroid dienone is 2. The Hall–Kier alpha value is -1.12. The average molecular weight is 469 g/mol. The molecule has 0 aromatic rings. The zero-order valence-electron chi connectivity index (χ0n) is 22.8. The maximum absolute atomic E-state index is 12.9. The molecular weight excluding hydrogens is 420 g/mol. The lowest BCUT2D eigenvalue weighted by molar-refractivity contribution is -0.187. The molecule has 5 aliphatic rings. The Bertz CT molecular complexity index is 931. The molecule has 5 aliphatic carbocycles. The van der Waals surface area contributed by atoms with E-state index in [2.05, 4.69) is 54.5 Å². The van der Waals surface area contributed by atoms with Crippen molar-refractivity contribution in [2.45, 2.75) is 113 Å². The molecule has 190 valence electrons. The summed E-state index contributed by atoms with van der Waals surface area (Å²) >= 11 is 0. The number of hydrogen-bond acceptors (Lipinski definition) is 2. The van der Waals surface area contributed by atoms with Gasteiger partial charge in [0.25, 0.3) is 0 Å². The van der Waals surface area contributed by atoms with Gasteiger partial charge in [-0.2, -0.15) is 0 Å². The van der Waals surface area contributed by atoms with Gasteiger partial charge in [0, 0.05) is 11.8 Å². The van der Waals surface area contributed by atoms with Crippen LogP contribution >= 0.6 is 0 Å². The molecule has 5 rings (SSSR count). The molecule has 0 bridgehead atoms. The van der Waals surface area contributed by atoms with E-state index in [1.807, 2.05) is 0 Å². The molecule has 0 aliphatic heterocycles. The SMILES string of the molecule is C[C@H]1[C@H](C)CC[C@]2(CC(=O)O)CC[C@]3(C)C(=CC[C@@H]4[C@@]5(C)CCC(=O)C(C)(C)[C@@H]5CC[C@]43C)[C@H]12. The zero-order chi connectivity index (χ0) is 24.9. The summed E-state index contributed by atoms with van der Waals surface area (Å²) in [6.45, 7) is 16.9. The molecule has 0 aromatic carbocycles. The molecule has 0 unspecified atom stereocenters. The summed E-state index contributed by atoms with van der Waals surface area (Å²) in [4.78, 5) is 25.0. The summed E-state index contributed by atoms with van der Waals surface area (Å²) in [6, 6.07) is 0. The molecule has 0 spiro atoms. The van der Waals surface area contributed by atoms with Crippen LogP contribution in [0.15, 0.2) is 11.6 Å². The highest BCUT2D eigenvalue weighted by Crippen LogP contribution is 2.75. The maximum Gasteiger partial charge on any atom is 0.303 e. The first-order valence-corrected chi connectivity index (χ1v) is 14.2. The van der Waals surface area contributed by atoms with Crippen molar-refractivity contribution in [1.82, 2.24) is 0 Å². The molecule has 0 amide bonds. The number of hydrogen-bond donors (Lipinski definition) is 1. The molecule has 0 aromatic heterocycles. The minimum atomic E-state index is -0.613. The minimum Gasteiger partial charge on any atom is -0.481 e. The number of carboxylic acids is 1.